The summed E-state index contributed by atoms with van der Waals surface area (Å²) in [7, 11) is 0. The highest BCUT2D eigenvalue weighted by Crippen LogP contribution is 2.18. The Morgan fingerprint density at radius 2 is 0.782 bits per heavy atom. The summed E-state index contributed by atoms with van der Waals surface area (Å²) in [4.78, 5) is 50.5. The van der Waals surface area contributed by atoms with Gasteiger partial charge in [0.15, 0.2) is 0 Å². The normalized spacial score (nSPS) is 12.6. The number of aliphatic carboxylic acids is 2. The maximum Gasteiger partial charge on any atom is 0.326 e. The van der Waals surface area contributed by atoms with Gasteiger partial charge in [0.25, 0.3) is 0 Å². The molecule has 0 bridgehead atoms. The van der Waals surface area contributed by atoms with Crippen LogP contribution in [0, 0.1) is 0 Å². The minimum absolute atomic E-state index is 0.0272. The van der Waals surface area contributed by atoms with E-state index in [1.165, 1.54) is 167 Å². The van der Waals surface area contributed by atoms with Gasteiger partial charge in [-0.1, -0.05) is 206 Å². The smallest absolute Gasteiger partial charge is 0.326 e. The van der Waals surface area contributed by atoms with Gasteiger partial charge >= 0.3 is 11.9 Å². The zero-order valence-corrected chi connectivity index (χ0v) is 36.1. The molecule has 0 heterocycles. The van der Waals surface area contributed by atoms with Crippen LogP contribution in [0.1, 0.15) is 245 Å². The SMILES string of the molecule is CCCCCCCCCCCCCCCCCCN(CCCCCCCCCCCCCCCCCC)[C@@H](CCC(N)=O)C(=O)N[C@@H](CCC(=O)O)C(=O)O. The van der Waals surface area contributed by atoms with Gasteiger partial charge in [0, 0.05) is 12.8 Å². The molecule has 0 aliphatic heterocycles. The summed E-state index contributed by atoms with van der Waals surface area (Å²) in [5, 5.41) is 21.4. The molecule has 0 aromatic rings. The molecule has 0 aliphatic rings. The number of hydrogen-bond acceptors (Lipinski definition) is 5. The number of carboxylic acid groups (broad SMARTS) is 2. The molecule has 0 saturated heterocycles. The van der Waals surface area contributed by atoms with E-state index in [0.29, 0.717) is 13.1 Å². The zero-order chi connectivity index (χ0) is 40.6. The molecule has 324 valence electrons. The molecule has 2 amide bonds. The molecule has 0 spiro atoms. The molecule has 0 fully saturated rings. The molecule has 0 aliphatic carbocycles. The van der Waals surface area contributed by atoms with Crippen molar-refractivity contribution in [3.63, 3.8) is 0 Å². The predicted molar refractivity (Wildman–Crippen MR) is 229 cm³/mol. The summed E-state index contributed by atoms with van der Waals surface area (Å²) in [6.07, 6.45) is 40.8. The molecular weight excluding hydrogens is 691 g/mol. The van der Waals surface area contributed by atoms with E-state index >= 15 is 0 Å². The molecule has 0 aromatic carbocycles. The summed E-state index contributed by atoms with van der Waals surface area (Å²) in [6, 6.07) is -1.99. The molecule has 9 nitrogen and oxygen atoms in total. The number of amides is 2. The summed E-state index contributed by atoms with van der Waals surface area (Å²) < 4.78 is 0. The first-order chi connectivity index (χ1) is 26.7. The lowest BCUT2D eigenvalue weighted by Gasteiger charge is -2.32. The highest BCUT2D eigenvalue weighted by Gasteiger charge is 2.30. The Morgan fingerprint density at radius 1 is 0.473 bits per heavy atom. The standard InChI is InChI=1S/C46H89N3O6/c1-3-5-7-9-11-13-15-17-19-21-23-25-27-29-31-33-39-49(40-34-32-30-28-26-24-22-20-18-16-14-12-10-8-6-4-2)42(36-37-43(47)50)45(53)48-41(46(54)55)35-38-44(51)52/h41-42H,3-40H2,1-2H3,(H2,47,50)(H,48,53)(H,51,52)(H,54,55)/t41-,42-/m0/s1. The fourth-order valence-corrected chi connectivity index (χ4v) is 7.70. The van der Waals surface area contributed by atoms with E-state index in [0.717, 1.165) is 38.5 Å². The van der Waals surface area contributed by atoms with Gasteiger partial charge in [-0.15, -0.1) is 0 Å². The first kappa shape index (κ1) is 52.8. The van der Waals surface area contributed by atoms with Gasteiger partial charge in [-0.05, 0) is 38.8 Å². The average Bonchev–Trinajstić information content (AvgIpc) is 3.15. The number of carbonyl (C=O) groups excluding carboxylic acids is 2. The van der Waals surface area contributed by atoms with E-state index in [1.54, 1.807) is 0 Å². The Balaban J connectivity index is 4.77. The third kappa shape index (κ3) is 36.0. The van der Waals surface area contributed by atoms with Crippen molar-refractivity contribution in [3.8, 4) is 0 Å². The number of hydrogen-bond donors (Lipinski definition) is 4. The van der Waals surface area contributed by atoms with Crippen LogP contribution in [0.5, 0.6) is 0 Å². The van der Waals surface area contributed by atoms with Gasteiger partial charge in [0.05, 0.1) is 6.04 Å². The summed E-state index contributed by atoms with van der Waals surface area (Å²) in [5.74, 6) is -3.33. The maximum atomic E-state index is 13.6. The fourth-order valence-electron chi connectivity index (χ4n) is 7.70. The van der Waals surface area contributed by atoms with Crippen molar-refractivity contribution in [3.05, 3.63) is 0 Å². The summed E-state index contributed by atoms with van der Waals surface area (Å²) in [5.41, 5.74) is 5.50. The second-order valence-corrected chi connectivity index (χ2v) is 16.5. The quantitative estimate of drug-likeness (QED) is 0.0450. The van der Waals surface area contributed by atoms with Crippen LogP contribution in [-0.2, 0) is 19.2 Å². The second kappa shape index (κ2) is 40.1. The molecule has 5 N–H and O–H groups in total. The van der Waals surface area contributed by atoms with Crippen LogP contribution in [0.4, 0.5) is 0 Å². The van der Waals surface area contributed by atoms with Gasteiger partial charge in [0.1, 0.15) is 6.04 Å². The van der Waals surface area contributed by atoms with Gasteiger partial charge in [-0.2, -0.15) is 0 Å². The van der Waals surface area contributed by atoms with E-state index < -0.39 is 35.8 Å². The number of primary amides is 1. The second-order valence-electron chi connectivity index (χ2n) is 16.5. The van der Waals surface area contributed by atoms with Crippen molar-refractivity contribution < 1.29 is 29.4 Å². The van der Waals surface area contributed by atoms with E-state index in [1.807, 2.05) is 0 Å². The first-order valence-electron chi connectivity index (χ1n) is 23.5. The molecule has 2 atom stereocenters. The van der Waals surface area contributed by atoms with Gasteiger partial charge < -0.3 is 21.3 Å². The average molecular weight is 780 g/mol. The summed E-state index contributed by atoms with van der Waals surface area (Å²) in [6.45, 7) is 5.92. The summed E-state index contributed by atoms with van der Waals surface area (Å²) >= 11 is 0. The molecule has 0 saturated carbocycles. The number of carboxylic acids is 2. The number of rotatable bonds is 44. The zero-order valence-electron chi connectivity index (χ0n) is 36.1. The molecule has 0 rings (SSSR count). The van der Waals surface area contributed by atoms with Crippen LogP contribution in [0.3, 0.4) is 0 Å². The van der Waals surface area contributed by atoms with E-state index in [-0.39, 0.29) is 25.7 Å². The number of nitrogens with one attached hydrogen (secondary N) is 1. The highest BCUT2D eigenvalue weighted by atomic mass is 16.4. The lowest BCUT2D eigenvalue weighted by molar-refractivity contribution is -0.144. The van der Waals surface area contributed by atoms with Crippen LogP contribution >= 0.6 is 0 Å². The van der Waals surface area contributed by atoms with Crippen molar-refractivity contribution in [1.82, 2.24) is 10.2 Å². The molecule has 55 heavy (non-hydrogen) atoms. The van der Waals surface area contributed by atoms with Gasteiger partial charge in [-0.3, -0.25) is 19.3 Å². The molecule has 0 radical (unpaired) electrons. The number of carbonyl (C=O) groups is 4. The van der Waals surface area contributed by atoms with Crippen LogP contribution in [0.15, 0.2) is 0 Å². The maximum absolute atomic E-state index is 13.6. The third-order valence-corrected chi connectivity index (χ3v) is 11.3. The fraction of sp³-hybridized carbons (Fsp3) is 0.913. The first-order valence-corrected chi connectivity index (χ1v) is 23.5. The van der Waals surface area contributed by atoms with Crippen molar-refractivity contribution >= 4 is 23.8 Å². The Labute approximate surface area is 338 Å². The lowest BCUT2D eigenvalue weighted by Crippen LogP contribution is -2.52. The number of unbranched alkanes of at least 4 members (excludes halogenated alkanes) is 30. The van der Waals surface area contributed by atoms with Crippen molar-refractivity contribution in [2.45, 2.75) is 257 Å². The van der Waals surface area contributed by atoms with Crippen LogP contribution in [0.25, 0.3) is 0 Å². The molecule has 0 unspecified atom stereocenters. The topological polar surface area (TPSA) is 150 Å². The van der Waals surface area contributed by atoms with Crippen LogP contribution in [0.2, 0.25) is 0 Å². The third-order valence-electron chi connectivity index (χ3n) is 11.3. The molecular formula is C46H89N3O6. The Kier molecular flexibility index (Phi) is 38.5. The minimum Gasteiger partial charge on any atom is -0.481 e. The lowest BCUT2D eigenvalue weighted by atomic mass is 10.0. The predicted octanol–water partition coefficient (Wildman–Crippen LogP) is 11.9. The van der Waals surface area contributed by atoms with E-state index in [9.17, 15) is 24.3 Å². The number of nitrogens with zero attached hydrogens (tertiary/aromatic N) is 1. The Morgan fingerprint density at radius 3 is 1.05 bits per heavy atom. The molecule has 0 aromatic heterocycles. The Hall–Kier alpha value is -2.16. The van der Waals surface area contributed by atoms with Gasteiger partial charge in [0.2, 0.25) is 11.8 Å². The van der Waals surface area contributed by atoms with Crippen molar-refractivity contribution in [2.75, 3.05) is 13.1 Å². The number of nitrogens with two attached hydrogens (primary N) is 1. The van der Waals surface area contributed by atoms with Crippen LogP contribution in [-0.4, -0.2) is 64.0 Å². The van der Waals surface area contributed by atoms with Gasteiger partial charge in [-0.25, -0.2) is 4.79 Å². The van der Waals surface area contributed by atoms with E-state index in [4.69, 9.17) is 10.8 Å². The highest BCUT2D eigenvalue weighted by molar-refractivity contribution is 5.87. The largest absolute Gasteiger partial charge is 0.481 e. The molecule has 9 heteroatoms. The van der Waals surface area contributed by atoms with Crippen molar-refractivity contribution in [1.29, 1.82) is 0 Å². The van der Waals surface area contributed by atoms with Crippen molar-refractivity contribution in [2.24, 2.45) is 5.73 Å². The van der Waals surface area contributed by atoms with E-state index in [2.05, 4.69) is 24.1 Å². The monoisotopic (exact) mass is 780 g/mol. The van der Waals surface area contributed by atoms with Crippen LogP contribution < -0.4 is 11.1 Å². The Bertz CT molecular complexity index is 880. The minimum atomic E-state index is -1.30.